The first kappa shape index (κ1) is 24.1. The van der Waals surface area contributed by atoms with Crippen LogP contribution in [0.2, 0.25) is 0 Å². The van der Waals surface area contributed by atoms with E-state index in [1.807, 2.05) is 42.5 Å². The lowest BCUT2D eigenvalue weighted by molar-refractivity contribution is -0.137. The van der Waals surface area contributed by atoms with Gasteiger partial charge in [-0.15, -0.1) is 0 Å². The van der Waals surface area contributed by atoms with Gasteiger partial charge in [-0.25, -0.2) is 0 Å². The third-order valence-electron chi connectivity index (χ3n) is 6.00. The molecule has 6 heteroatoms. The Hall–Kier alpha value is -2.18. The first-order valence-electron chi connectivity index (χ1n) is 10.9. The Morgan fingerprint density at radius 2 is 1.93 bits per heavy atom. The lowest BCUT2D eigenvalue weighted by Gasteiger charge is -2.24. The SMILES string of the molecule is O=CO[C@H]1C[C@@H](O)[C@H](CC[C@@H](O)CCc2ccccc2)[C@H]1C/C=C\CCCC(=O)O. The second kappa shape index (κ2) is 13.2. The molecular formula is C24H34O6. The lowest BCUT2D eigenvalue weighted by Crippen LogP contribution is -2.24. The molecule has 0 amide bonds. The number of carbonyl (C=O) groups is 2. The van der Waals surface area contributed by atoms with E-state index < -0.39 is 18.2 Å². The van der Waals surface area contributed by atoms with E-state index in [0.29, 0.717) is 51.4 Å². The summed E-state index contributed by atoms with van der Waals surface area (Å²) in [6.07, 6.45) is 7.89. The van der Waals surface area contributed by atoms with Gasteiger partial charge >= 0.3 is 5.97 Å². The molecule has 2 rings (SSSR count). The molecular weight excluding hydrogens is 384 g/mol. The molecule has 0 bridgehead atoms. The molecule has 1 aliphatic carbocycles. The second-order valence-electron chi connectivity index (χ2n) is 8.15. The Morgan fingerprint density at radius 1 is 1.17 bits per heavy atom. The van der Waals surface area contributed by atoms with Crippen LogP contribution in [0.25, 0.3) is 0 Å². The van der Waals surface area contributed by atoms with Crippen LogP contribution in [0.15, 0.2) is 42.5 Å². The summed E-state index contributed by atoms with van der Waals surface area (Å²) in [5.41, 5.74) is 1.20. The number of aliphatic carboxylic acids is 1. The van der Waals surface area contributed by atoms with Crippen LogP contribution in [0.4, 0.5) is 0 Å². The first-order valence-corrected chi connectivity index (χ1v) is 10.9. The minimum atomic E-state index is -0.798. The molecule has 3 N–H and O–H groups in total. The van der Waals surface area contributed by atoms with Crippen molar-refractivity contribution in [2.45, 2.75) is 76.1 Å². The van der Waals surface area contributed by atoms with Crippen molar-refractivity contribution in [3.8, 4) is 0 Å². The Balaban J connectivity index is 1.83. The fraction of sp³-hybridized carbons (Fsp3) is 0.583. The number of unbranched alkanes of at least 4 members (excludes halogenated alkanes) is 1. The van der Waals surface area contributed by atoms with Gasteiger partial charge in [-0.1, -0.05) is 42.5 Å². The molecule has 1 saturated carbocycles. The number of carboxylic acid groups (broad SMARTS) is 1. The van der Waals surface area contributed by atoms with Crippen molar-refractivity contribution in [3.63, 3.8) is 0 Å². The highest BCUT2D eigenvalue weighted by Crippen LogP contribution is 2.40. The van der Waals surface area contributed by atoms with Crippen molar-refractivity contribution >= 4 is 12.4 Å². The Bertz CT molecular complexity index is 659. The molecule has 6 nitrogen and oxygen atoms in total. The topological polar surface area (TPSA) is 104 Å². The van der Waals surface area contributed by atoms with E-state index in [2.05, 4.69) is 0 Å². The molecule has 166 valence electrons. The van der Waals surface area contributed by atoms with E-state index in [1.54, 1.807) is 0 Å². The molecule has 1 aliphatic rings. The number of aryl methyl sites for hydroxylation is 1. The lowest BCUT2D eigenvalue weighted by atomic mass is 9.85. The molecule has 1 fully saturated rings. The molecule has 0 aliphatic heterocycles. The average molecular weight is 419 g/mol. The van der Waals surface area contributed by atoms with E-state index in [4.69, 9.17) is 9.84 Å². The number of allylic oxidation sites excluding steroid dienone is 2. The molecule has 30 heavy (non-hydrogen) atoms. The number of rotatable bonds is 14. The number of ether oxygens (including phenoxy) is 1. The van der Waals surface area contributed by atoms with Gasteiger partial charge in [-0.2, -0.15) is 0 Å². The Labute approximate surface area is 178 Å². The van der Waals surface area contributed by atoms with Gasteiger partial charge in [0.15, 0.2) is 0 Å². The predicted molar refractivity (Wildman–Crippen MR) is 114 cm³/mol. The summed E-state index contributed by atoms with van der Waals surface area (Å²) in [6.45, 7) is 0.443. The summed E-state index contributed by atoms with van der Waals surface area (Å²) in [5, 5.41) is 29.6. The van der Waals surface area contributed by atoms with E-state index in [-0.39, 0.29) is 24.4 Å². The Kier molecular flexibility index (Phi) is 10.6. The van der Waals surface area contributed by atoms with E-state index in [1.165, 1.54) is 5.56 Å². The van der Waals surface area contributed by atoms with Gasteiger partial charge in [0.05, 0.1) is 12.2 Å². The van der Waals surface area contributed by atoms with Crippen LogP contribution in [-0.4, -0.2) is 46.1 Å². The highest BCUT2D eigenvalue weighted by atomic mass is 16.5. The van der Waals surface area contributed by atoms with Crippen molar-refractivity contribution in [2.24, 2.45) is 11.8 Å². The first-order chi connectivity index (χ1) is 14.5. The minimum Gasteiger partial charge on any atom is -0.481 e. The third-order valence-corrected chi connectivity index (χ3v) is 6.00. The van der Waals surface area contributed by atoms with Crippen LogP contribution < -0.4 is 0 Å². The summed E-state index contributed by atoms with van der Waals surface area (Å²) in [5.74, 6) is -0.833. The number of benzene rings is 1. The zero-order chi connectivity index (χ0) is 21.8. The number of hydrogen-bond donors (Lipinski definition) is 3. The fourth-order valence-electron chi connectivity index (χ4n) is 4.36. The number of carbonyl (C=O) groups excluding carboxylic acids is 1. The van der Waals surface area contributed by atoms with Crippen LogP contribution in [-0.2, 0) is 20.7 Å². The van der Waals surface area contributed by atoms with Gasteiger partial charge < -0.3 is 20.1 Å². The molecule has 1 aromatic carbocycles. The van der Waals surface area contributed by atoms with Gasteiger partial charge in [0.25, 0.3) is 6.47 Å². The maximum atomic E-state index is 10.9. The van der Waals surface area contributed by atoms with Gasteiger partial charge in [0.1, 0.15) is 6.10 Å². The number of aliphatic hydroxyl groups is 2. The molecule has 0 unspecified atom stereocenters. The largest absolute Gasteiger partial charge is 0.481 e. The monoisotopic (exact) mass is 418 g/mol. The van der Waals surface area contributed by atoms with Crippen LogP contribution in [0.1, 0.15) is 56.9 Å². The maximum Gasteiger partial charge on any atom is 0.303 e. The molecule has 0 radical (unpaired) electrons. The van der Waals surface area contributed by atoms with Crippen molar-refractivity contribution in [2.75, 3.05) is 0 Å². The van der Waals surface area contributed by atoms with Crippen LogP contribution in [0.5, 0.6) is 0 Å². The average Bonchev–Trinajstić information content (AvgIpc) is 3.02. The van der Waals surface area contributed by atoms with Gasteiger partial charge in [-0.3, -0.25) is 9.59 Å². The van der Waals surface area contributed by atoms with Gasteiger partial charge in [-0.05, 0) is 56.4 Å². The quantitative estimate of drug-likeness (QED) is 0.243. The number of aliphatic hydroxyl groups excluding tert-OH is 2. The van der Waals surface area contributed by atoms with Crippen LogP contribution >= 0.6 is 0 Å². The third kappa shape index (κ3) is 8.28. The zero-order valence-corrected chi connectivity index (χ0v) is 17.4. The Morgan fingerprint density at radius 3 is 2.63 bits per heavy atom. The fourth-order valence-corrected chi connectivity index (χ4v) is 4.36. The molecule has 0 spiro atoms. The highest BCUT2D eigenvalue weighted by molar-refractivity contribution is 5.66. The van der Waals surface area contributed by atoms with Gasteiger partial charge in [0.2, 0.25) is 0 Å². The molecule has 0 heterocycles. The number of carboxylic acids is 1. The maximum absolute atomic E-state index is 10.9. The van der Waals surface area contributed by atoms with Crippen molar-refractivity contribution in [1.29, 1.82) is 0 Å². The summed E-state index contributed by atoms with van der Waals surface area (Å²) >= 11 is 0. The summed E-state index contributed by atoms with van der Waals surface area (Å²) in [7, 11) is 0. The molecule has 0 aromatic heterocycles. The normalized spacial score (nSPS) is 24.7. The summed E-state index contributed by atoms with van der Waals surface area (Å²) < 4.78 is 5.22. The number of hydrogen-bond acceptors (Lipinski definition) is 5. The minimum absolute atomic E-state index is 0.00208. The van der Waals surface area contributed by atoms with E-state index >= 15 is 0 Å². The van der Waals surface area contributed by atoms with E-state index in [0.717, 1.165) is 6.42 Å². The summed E-state index contributed by atoms with van der Waals surface area (Å²) in [4.78, 5) is 21.4. The second-order valence-corrected chi connectivity index (χ2v) is 8.15. The predicted octanol–water partition coefficient (Wildman–Crippen LogP) is 3.50. The summed E-state index contributed by atoms with van der Waals surface area (Å²) in [6, 6.07) is 10.0. The standard InChI is InChI=1S/C24H34O6/c25-17-30-23-16-22(27)20(21(23)10-6-1-2-7-11-24(28)29)15-14-19(26)13-12-18-8-4-3-5-9-18/h1,3-6,8-9,17,19-23,26-27H,2,7,10-16H2,(H,28,29)/b6-1-/t19-,20+,21+,22+,23-/m0/s1. The van der Waals surface area contributed by atoms with E-state index in [9.17, 15) is 19.8 Å². The van der Waals surface area contributed by atoms with Crippen molar-refractivity contribution < 1.29 is 29.6 Å². The molecule has 0 saturated heterocycles. The zero-order valence-electron chi connectivity index (χ0n) is 17.4. The van der Waals surface area contributed by atoms with Crippen LogP contribution in [0, 0.1) is 11.8 Å². The smallest absolute Gasteiger partial charge is 0.303 e. The van der Waals surface area contributed by atoms with Gasteiger partial charge in [0, 0.05) is 18.8 Å². The highest BCUT2D eigenvalue weighted by Gasteiger charge is 2.42. The van der Waals surface area contributed by atoms with Crippen molar-refractivity contribution in [1.82, 2.24) is 0 Å². The van der Waals surface area contributed by atoms with Crippen LogP contribution in [0.3, 0.4) is 0 Å². The van der Waals surface area contributed by atoms with Crippen molar-refractivity contribution in [3.05, 3.63) is 48.0 Å². The molecule has 5 atom stereocenters. The molecule has 1 aromatic rings.